The molecule has 1 aromatic heterocycles. The molecule has 1 heterocycles. The highest BCUT2D eigenvalue weighted by Gasteiger charge is 2.13. The number of aromatic nitrogens is 1. The first-order valence-electron chi connectivity index (χ1n) is 6.38. The van der Waals surface area contributed by atoms with Crippen LogP contribution in [0.1, 0.15) is 32.0 Å². The van der Waals surface area contributed by atoms with Crippen molar-refractivity contribution in [1.29, 1.82) is 0 Å². The fourth-order valence-corrected chi connectivity index (χ4v) is 2.51. The number of nitrogens with one attached hydrogen (secondary N) is 1. The Morgan fingerprint density at radius 3 is 2.50 bits per heavy atom. The lowest BCUT2D eigenvalue weighted by Crippen LogP contribution is -2.10. The summed E-state index contributed by atoms with van der Waals surface area (Å²) < 4.78 is 0. The van der Waals surface area contributed by atoms with Gasteiger partial charge < -0.3 is 10.4 Å². The van der Waals surface area contributed by atoms with Crippen LogP contribution in [-0.2, 0) is 16.6 Å². The number of hydrogen-bond acceptors (Lipinski definition) is 4. The number of hydrogen-bond donors (Lipinski definition) is 2. The van der Waals surface area contributed by atoms with E-state index in [1.54, 1.807) is 5.38 Å². The van der Waals surface area contributed by atoms with Gasteiger partial charge in [0, 0.05) is 11.1 Å². The summed E-state index contributed by atoms with van der Waals surface area (Å²) in [6.07, 6.45) is -0.0405. The van der Waals surface area contributed by atoms with Gasteiger partial charge in [-0.1, -0.05) is 32.9 Å². The Morgan fingerprint density at radius 1 is 1.30 bits per heavy atom. The number of rotatable bonds is 4. The summed E-state index contributed by atoms with van der Waals surface area (Å²) in [6.45, 7) is 6.53. The molecule has 1 aromatic carbocycles. The minimum atomic E-state index is -0.864. The van der Waals surface area contributed by atoms with Crippen molar-refractivity contribution in [1.82, 2.24) is 4.98 Å². The van der Waals surface area contributed by atoms with E-state index < -0.39 is 5.97 Å². The highest BCUT2D eigenvalue weighted by Crippen LogP contribution is 2.26. The summed E-state index contributed by atoms with van der Waals surface area (Å²) in [6, 6.07) is 8.21. The second-order valence-electron chi connectivity index (χ2n) is 5.67. The largest absolute Gasteiger partial charge is 0.481 e. The van der Waals surface area contributed by atoms with E-state index in [9.17, 15) is 4.79 Å². The fraction of sp³-hybridized carbons (Fsp3) is 0.333. The Hall–Kier alpha value is -1.88. The third kappa shape index (κ3) is 3.81. The summed E-state index contributed by atoms with van der Waals surface area (Å²) in [4.78, 5) is 14.9. The van der Waals surface area contributed by atoms with Crippen molar-refractivity contribution >= 4 is 28.1 Å². The Morgan fingerprint density at radius 2 is 1.95 bits per heavy atom. The van der Waals surface area contributed by atoms with E-state index in [0.717, 1.165) is 5.69 Å². The van der Waals surface area contributed by atoms with Crippen LogP contribution in [0.3, 0.4) is 0 Å². The molecule has 0 aliphatic heterocycles. The molecular weight excluding hydrogens is 272 g/mol. The highest BCUT2D eigenvalue weighted by atomic mass is 32.1. The molecule has 0 spiro atoms. The third-order valence-corrected chi connectivity index (χ3v) is 3.69. The number of carboxylic acids is 1. The normalized spacial score (nSPS) is 11.3. The molecule has 2 rings (SSSR count). The van der Waals surface area contributed by atoms with Crippen LogP contribution < -0.4 is 5.32 Å². The first kappa shape index (κ1) is 14.5. The molecule has 2 N–H and O–H groups in total. The van der Waals surface area contributed by atoms with Gasteiger partial charge in [0.15, 0.2) is 5.13 Å². The Labute approximate surface area is 122 Å². The molecule has 0 saturated heterocycles. The van der Waals surface area contributed by atoms with E-state index in [0.29, 0.717) is 10.8 Å². The van der Waals surface area contributed by atoms with Crippen LogP contribution in [0.15, 0.2) is 29.6 Å². The zero-order valence-corrected chi connectivity index (χ0v) is 12.6. The lowest BCUT2D eigenvalue weighted by molar-refractivity contribution is -0.136. The van der Waals surface area contributed by atoms with Gasteiger partial charge >= 0.3 is 5.97 Å². The molecule has 0 aliphatic rings. The van der Waals surface area contributed by atoms with Crippen molar-refractivity contribution in [3.63, 3.8) is 0 Å². The molecule has 0 radical (unpaired) electrons. The number of carboxylic acid groups (broad SMARTS) is 1. The molecule has 5 heteroatoms. The van der Waals surface area contributed by atoms with Gasteiger partial charge in [-0.3, -0.25) is 4.79 Å². The van der Waals surface area contributed by atoms with Gasteiger partial charge in [-0.25, -0.2) is 4.98 Å². The van der Waals surface area contributed by atoms with Gasteiger partial charge in [-0.05, 0) is 23.1 Å². The standard InChI is InChI=1S/C15H18N2O2S/c1-15(2,3)10-4-6-11(7-5-10)16-14-17-12(9-20-14)8-13(18)19/h4-7,9H,8H2,1-3H3,(H,16,17)(H,18,19). The Bertz CT molecular complexity index is 597. The molecule has 0 aliphatic carbocycles. The molecule has 4 nitrogen and oxygen atoms in total. The van der Waals surface area contributed by atoms with Crippen molar-refractivity contribution in [3.05, 3.63) is 40.9 Å². The van der Waals surface area contributed by atoms with Gasteiger partial charge in [0.05, 0.1) is 12.1 Å². The number of anilines is 2. The number of thiazole rings is 1. The topological polar surface area (TPSA) is 62.2 Å². The van der Waals surface area contributed by atoms with Crippen LogP contribution in [0, 0.1) is 0 Å². The maximum absolute atomic E-state index is 10.6. The van der Waals surface area contributed by atoms with E-state index in [2.05, 4.69) is 43.2 Å². The van der Waals surface area contributed by atoms with E-state index in [1.807, 2.05) is 12.1 Å². The summed E-state index contributed by atoms with van der Waals surface area (Å²) in [5.74, 6) is -0.864. The van der Waals surface area contributed by atoms with Crippen LogP contribution in [0.2, 0.25) is 0 Å². The smallest absolute Gasteiger partial charge is 0.309 e. The van der Waals surface area contributed by atoms with Crippen LogP contribution in [-0.4, -0.2) is 16.1 Å². The molecule has 0 amide bonds. The van der Waals surface area contributed by atoms with Crippen LogP contribution >= 0.6 is 11.3 Å². The average molecular weight is 290 g/mol. The van der Waals surface area contributed by atoms with Crippen LogP contribution in [0.25, 0.3) is 0 Å². The number of aliphatic carboxylic acids is 1. The Kier molecular flexibility index (Phi) is 4.09. The second kappa shape index (κ2) is 5.63. The number of carbonyl (C=O) groups is 1. The van der Waals surface area contributed by atoms with Gasteiger partial charge in [-0.15, -0.1) is 11.3 Å². The predicted octanol–water partition coefficient (Wildman–Crippen LogP) is 3.81. The van der Waals surface area contributed by atoms with Crippen molar-refractivity contribution in [3.8, 4) is 0 Å². The van der Waals surface area contributed by atoms with Gasteiger partial charge in [0.1, 0.15) is 0 Å². The monoisotopic (exact) mass is 290 g/mol. The fourth-order valence-electron chi connectivity index (χ4n) is 1.78. The molecule has 0 bridgehead atoms. The van der Waals surface area contributed by atoms with Gasteiger partial charge in [0.2, 0.25) is 0 Å². The zero-order chi connectivity index (χ0) is 14.8. The second-order valence-corrected chi connectivity index (χ2v) is 6.52. The summed E-state index contributed by atoms with van der Waals surface area (Å²) in [5, 5.41) is 14.4. The van der Waals surface area contributed by atoms with Gasteiger partial charge in [0.25, 0.3) is 0 Å². The van der Waals surface area contributed by atoms with Crippen molar-refractivity contribution in [2.75, 3.05) is 5.32 Å². The van der Waals surface area contributed by atoms with Crippen LogP contribution in [0.4, 0.5) is 10.8 Å². The van der Waals surface area contributed by atoms with Crippen molar-refractivity contribution < 1.29 is 9.90 Å². The van der Waals surface area contributed by atoms with Crippen LogP contribution in [0.5, 0.6) is 0 Å². The maximum atomic E-state index is 10.6. The number of nitrogens with zero attached hydrogens (tertiary/aromatic N) is 1. The highest BCUT2D eigenvalue weighted by molar-refractivity contribution is 7.13. The predicted molar refractivity (Wildman–Crippen MR) is 81.9 cm³/mol. The maximum Gasteiger partial charge on any atom is 0.309 e. The van der Waals surface area contributed by atoms with E-state index >= 15 is 0 Å². The molecule has 2 aromatic rings. The molecule has 0 unspecified atom stereocenters. The first-order valence-corrected chi connectivity index (χ1v) is 7.26. The first-order chi connectivity index (χ1) is 9.34. The molecule has 0 atom stereocenters. The molecule has 0 saturated carbocycles. The minimum absolute atomic E-state index is 0.0405. The molecule has 0 fully saturated rings. The Balaban J connectivity index is 2.06. The SMILES string of the molecule is CC(C)(C)c1ccc(Nc2nc(CC(=O)O)cs2)cc1. The quantitative estimate of drug-likeness (QED) is 0.898. The summed E-state index contributed by atoms with van der Waals surface area (Å²) in [5.41, 5.74) is 2.94. The van der Waals surface area contributed by atoms with E-state index in [1.165, 1.54) is 16.9 Å². The minimum Gasteiger partial charge on any atom is -0.481 e. The summed E-state index contributed by atoms with van der Waals surface area (Å²) in [7, 11) is 0. The molecule has 106 valence electrons. The van der Waals surface area contributed by atoms with Crippen molar-refractivity contribution in [2.45, 2.75) is 32.6 Å². The zero-order valence-electron chi connectivity index (χ0n) is 11.8. The third-order valence-electron chi connectivity index (χ3n) is 2.89. The average Bonchev–Trinajstić information content (AvgIpc) is 2.75. The van der Waals surface area contributed by atoms with E-state index in [4.69, 9.17) is 5.11 Å². The molecule has 20 heavy (non-hydrogen) atoms. The summed E-state index contributed by atoms with van der Waals surface area (Å²) >= 11 is 1.41. The lowest BCUT2D eigenvalue weighted by Gasteiger charge is -2.19. The lowest BCUT2D eigenvalue weighted by atomic mass is 9.87. The van der Waals surface area contributed by atoms with Gasteiger partial charge in [-0.2, -0.15) is 0 Å². The van der Waals surface area contributed by atoms with E-state index in [-0.39, 0.29) is 11.8 Å². The molecular formula is C15H18N2O2S. The van der Waals surface area contributed by atoms with Crippen molar-refractivity contribution in [2.24, 2.45) is 0 Å². The number of benzene rings is 1.